The van der Waals surface area contributed by atoms with E-state index < -0.39 is 6.67 Å². The zero-order valence-electron chi connectivity index (χ0n) is 12.6. The van der Waals surface area contributed by atoms with Crippen molar-refractivity contribution >= 4 is 5.97 Å². The highest BCUT2D eigenvalue weighted by atomic mass is 18.2. The molecule has 2 bridgehead atoms. The van der Waals surface area contributed by atoms with Crippen molar-refractivity contribution in [3.05, 3.63) is 35.4 Å². The topological polar surface area (TPSA) is 29.5 Å². The summed E-state index contributed by atoms with van der Waals surface area (Å²) in [5, 5.41) is 0. The summed E-state index contributed by atoms with van der Waals surface area (Å²) in [5.74, 6) is -0.282. The summed E-state index contributed by atoms with van der Waals surface area (Å²) in [5.41, 5.74) is 1.70. The molecule has 2 heterocycles. The number of alkyl halides is 1. The van der Waals surface area contributed by atoms with Gasteiger partial charge in [-0.25, -0.2) is 4.39 Å². The predicted octanol–water partition coefficient (Wildman–Crippen LogP) is 2.90. The Labute approximate surface area is 125 Å². The largest absolute Gasteiger partial charge is 0.469 e. The van der Waals surface area contributed by atoms with Gasteiger partial charge in [-0.1, -0.05) is 24.3 Å². The predicted molar refractivity (Wildman–Crippen MR) is 78.7 cm³/mol. The van der Waals surface area contributed by atoms with Gasteiger partial charge in [0.15, 0.2) is 0 Å². The summed E-state index contributed by atoms with van der Waals surface area (Å²) in [4.78, 5) is 14.7. The van der Waals surface area contributed by atoms with Crippen LogP contribution in [-0.4, -0.2) is 37.1 Å². The Hall–Kier alpha value is -1.42. The van der Waals surface area contributed by atoms with Gasteiger partial charge in [0.1, 0.15) is 6.67 Å². The summed E-state index contributed by atoms with van der Waals surface area (Å²) < 4.78 is 18.4. The maximum Gasteiger partial charge on any atom is 0.310 e. The number of hydrogen-bond donors (Lipinski definition) is 0. The third-order valence-corrected chi connectivity index (χ3v) is 5.34. The van der Waals surface area contributed by atoms with E-state index in [1.807, 2.05) is 24.3 Å². The molecule has 0 saturated carbocycles. The molecular formula is C17H22FNO2. The fourth-order valence-electron chi connectivity index (χ4n) is 4.26. The second-order valence-corrected chi connectivity index (χ2v) is 6.19. The minimum atomic E-state index is -0.480. The minimum Gasteiger partial charge on any atom is -0.469 e. The summed E-state index contributed by atoms with van der Waals surface area (Å²) in [6.45, 7) is -0.480. The van der Waals surface area contributed by atoms with Crippen LogP contribution in [0.2, 0.25) is 0 Å². The van der Waals surface area contributed by atoms with Crippen LogP contribution < -0.4 is 0 Å². The van der Waals surface area contributed by atoms with Crippen molar-refractivity contribution in [2.75, 3.05) is 14.2 Å². The molecule has 0 radical (unpaired) electrons. The van der Waals surface area contributed by atoms with E-state index in [1.54, 1.807) is 0 Å². The average Bonchev–Trinajstić information content (AvgIpc) is 2.76. The number of rotatable bonds is 3. The molecule has 21 heavy (non-hydrogen) atoms. The van der Waals surface area contributed by atoms with Gasteiger partial charge < -0.3 is 4.74 Å². The molecule has 1 aromatic rings. The van der Waals surface area contributed by atoms with Crippen molar-refractivity contribution in [1.29, 1.82) is 0 Å². The molecule has 2 aliphatic heterocycles. The van der Waals surface area contributed by atoms with Gasteiger partial charge in [-0.15, -0.1) is 0 Å². The van der Waals surface area contributed by atoms with E-state index in [4.69, 9.17) is 4.74 Å². The molecule has 3 rings (SSSR count). The molecule has 114 valence electrons. The molecule has 0 aromatic heterocycles. The number of benzene rings is 1. The molecule has 2 saturated heterocycles. The zero-order chi connectivity index (χ0) is 15.0. The van der Waals surface area contributed by atoms with E-state index in [9.17, 15) is 9.18 Å². The van der Waals surface area contributed by atoms with E-state index in [0.29, 0.717) is 11.6 Å². The van der Waals surface area contributed by atoms with Gasteiger partial charge in [0.05, 0.1) is 13.0 Å². The van der Waals surface area contributed by atoms with Gasteiger partial charge in [0.25, 0.3) is 0 Å². The summed E-state index contributed by atoms with van der Waals surface area (Å²) in [7, 11) is 3.54. The van der Waals surface area contributed by atoms with Crippen LogP contribution in [0.5, 0.6) is 0 Å². The molecule has 4 atom stereocenters. The highest BCUT2D eigenvalue weighted by molar-refractivity contribution is 5.75. The van der Waals surface area contributed by atoms with Crippen LogP contribution in [-0.2, 0) is 16.2 Å². The maximum atomic E-state index is 13.3. The van der Waals surface area contributed by atoms with Gasteiger partial charge in [-0.05, 0) is 37.4 Å². The summed E-state index contributed by atoms with van der Waals surface area (Å²) in [6.07, 6.45) is 3.04. The molecular weight excluding hydrogens is 268 g/mol. The highest BCUT2D eigenvalue weighted by Gasteiger charge is 2.49. The molecule has 0 aliphatic carbocycles. The van der Waals surface area contributed by atoms with Crippen LogP contribution in [0.1, 0.15) is 36.3 Å². The Bertz CT molecular complexity index is 533. The number of ether oxygens (including phenoxy) is 1. The fourth-order valence-corrected chi connectivity index (χ4v) is 4.26. The lowest BCUT2D eigenvalue weighted by atomic mass is 9.75. The number of halogens is 1. The quantitative estimate of drug-likeness (QED) is 0.802. The number of nitrogens with zero attached hydrogens (tertiary/aromatic N) is 1. The van der Waals surface area contributed by atoms with Crippen molar-refractivity contribution in [2.45, 2.75) is 43.9 Å². The maximum absolute atomic E-state index is 13.3. The Morgan fingerprint density at radius 1 is 1.38 bits per heavy atom. The lowest BCUT2D eigenvalue weighted by Crippen LogP contribution is -2.49. The van der Waals surface area contributed by atoms with Crippen LogP contribution in [0.4, 0.5) is 4.39 Å². The number of piperidine rings is 1. The van der Waals surface area contributed by atoms with Crippen LogP contribution in [0.3, 0.4) is 0 Å². The number of esters is 1. The van der Waals surface area contributed by atoms with E-state index >= 15 is 0 Å². The van der Waals surface area contributed by atoms with Gasteiger partial charge in [-0.2, -0.15) is 0 Å². The molecule has 0 spiro atoms. The number of hydrogen-bond acceptors (Lipinski definition) is 3. The highest BCUT2D eigenvalue weighted by Crippen LogP contribution is 2.47. The first-order chi connectivity index (χ1) is 10.2. The van der Waals surface area contributed by atoms with Gasteiger partial charge in [0, 0.05) is 18.0 Å². The average molecular weight is 290 g/mol. The normalized spacial score (nSPS) is 32.1. The molecule has 3 nitrogen and oxygen atoms in total. The summed E-state index contributed by atoms with van der Waals surface area (Å²) >= 11 is 0. The first-order valence-corrected chi connectivity index (χ1v) is 7.61. The first-order valence-electron chi connectivity index (χ1n) is 7.61. The molecule has 4 heteroatoms. The first kappa shape index (κ1) is 14.5. The van der Waals surface area contributed by atoms with Crippen molar-refractivity contribution < 1.29 is 13.9 Å². The van der Waals surface area contributed by atoms with Gasteiger partial charge in [-0.3, -0.25) is 9.69 Å². The molecule has 4 unspecified atom stereocenters. The standard InChI is InChI=1S/C17H22FNO2/c1-19-12-7-8-15(19)16(17(20)21-2)14(9-12)13-6-4-3-5-11(13)10-18/h3-6,12,14-16H,7-10H2,1-2H3/i18-1. The van der Waals surface area contributed by atoms with Crippen molar-refractivity contribution in [3.63, 3.8) is 0 Å². The van der Waals surface area contributed by atoms with Gasteiger partial charge in [0.2, 0.25) is 0 Å². The second-order valence-electron chi connectivity index (χ2n) is 6.19. The Morgan fingerprint density at radius 3 is 2.86 bits per heavy atom. The number of carbonyl (C=O) groups excluding carboxylic acids is 1. The lowest BCUT2D eigenvalue weighted by Gasteiger charge is -2.42. The SMILES string of the molecule is COC(=O)C1C(c2ccccc2C[18F])CC2CCC1N2C. The van der Waals surface area contributed by atoms with Crippen molar-refractivity contribution in [3.8, 4) is 0 Å². The van der Waals surface area contributed by atoms with E-state index in [1.165, 1.54) is 7.11 Å². The van der Waals surface area contributed by atoms with E-state index in [0.717, 1.165) is 24.8 Å². The monoisotopic (exact) mass is 290 g/mol. The third-order valence-electron chi connectivity index (χ3n) is 5.34. The third kappa shape index (κ3) is 2.35. The Kier molecular flexibility index (Phi) is 3.98. The van der Waals surface area contributed by atoms with E-state index in [-0.39, 0.29) is 23.8 Å². The lowest BCUT2D eigenvalue weighted by molar-refractivity contribution is -0.150. The van der Waals surface area contributed by atoms with Crippen LogP contribution >= 0.6 is 0 Å². The van der Waals surface area contributed by atoms with Crippen molar-refractivity contribution in [1.82, 2.24) is 4.90 Å². The molecule has 2 aliphatic rings. The number of carbonyl (C=O) groups is 1. The summed E-state index contributed by atoms with van der Waals surface area (Å²) in [6, 6.07) is 8.30. The van der Waals surface area contributed by atoms with E-state index in [2.05, 4.69) is 11.9 Å². The van der Waals surface area contributed by atoms with Crippen LogP contribution in [0, 0.1) is 5.92 Å². The number of fused-ring (bicyclic) bond motifs is 2. The van der Waals surface area contributed by atoms with Crippen LogP contribution in [0.25, 0.3) is 0 Å². The zero-order valence-corrected chi connectivity index (χ0v) is 12.6. The van der Waals surface area contributed by atoms with Crippen LogP contribution in [0.15, 0.2) is 24.3 Å². The second kappa shape index (κ2) is 5.76. The minimum absolute atomic E-state index is 0.0677. The molecule has 2 fully saturated rings. The smallest absolute Gasteiger partial charge is 0.310 e. The number of methoxy groups -OCH3 is 1. The molecule has 0 N–H and O–H groups in total. The Morgan fingerprint density at radius 2 is 2.14 bits per heavy atom. The molecule has 1 aromatic carbocycles. The van der Waals surface area contributed by atoms with Crippen molar-refractivity contribution in [2.24, 2.45) is 5.92 Å². The Balaban J connectivity index is 2.01. The van der Waals surface area contributed by atoms with Gasteiger partial charge >= 0.3 is 5.97 Å². The molecule has 0 amide bonds. The fraction of sp³-hybridized carbons (Fsp3) is 0.588.